The molecule has 0 heterocycles. The van der Waals surface area contributed by atoms with E-state index in [0.717, 1.165) is 19.3 Å². The van der Waals surface area contributed by atoms with E-state index in [0.29, 0.717) is 0 Å². The Hall–Kier alpha value is -0.0400. The van der Waals surface area contributed by atoms with Gasteiger partial charge in [0.05, 0.1) is 6.61 Å². The fourth-order valence-electron chi connectivity index (χ4n) is 0.352. The van der Waals surface area contributed by atoms with Crippen LogP contribution in [0, 0.1) is 0 Å². The molecule has 37 valence electrons. The van der Waals surface area contributed by atoms with Gasteiger partial charge in [0.25, 0.3) is 0 Å². The number of hydrogen-bond acceptors (Lipinski definition) is 0. The molecule has 0 bridgehead atoms. The van der Waals surface area contributed by atoms with Gasteiger partial charge in [0.2, 0.25) is 0 Å². The van der Waals surface area contributed by atoms with Crippen LogP contribution in [-0.4, -0.2) is 6.61 Å². The molecular formula is C5H11O. The molecule has 0 unspecified atom stereocenters. The van der Waals surface area contributed by atoms with Crippen LogP contribution in [-0.2, 0) is 5.11 Å². The predicted molar refractivity (Wildman–Crippen MR) is 25.1 cm³/mol. The summed E-state index contributed by atoms with van der Waals surface area (Å²) in [6.07, 6.45) is 3.11. The molecule has 0 atom stereocenters. The zero-order valence-corrected chi connectivity index (χ0v) is 4.24. The molecule has 1 radical (unpaired) electrons. The molecule has 0 aliphatic rings. The van der Waals surface area contributed by atoms with E-state index in [1.165, 1.54) is 0 Å². The van der Waals surface area contributed by atoms with Crippen molar-refractivity contribution in [3.05, 3.63) is 0 Å². The molecule has 6 heavy (non-hydrogen) atoms. The summed E-state index contributed by atoms with van der Waals surface area (Å²) in [5, 5.41) is 9.69. The van der Waals surface area contributed by atoms with E-state index in [4.69, 9.17) is 0 Å². The monoisotopic (exact) mass is 87.1 g/mol. The lowest BCUT2D eigenvalue weighted by Gasteiger charge is -1.84. The number of unbranched alkanes of at least 4 members (excludes halogenated alkanes) is 2. The Balaban J connectivity index is 2.34. The van der Waals surface area contributed by atoms with Crippen molar-refractivity contribution in [2.45, 2.75) is 26.2 Å². The average molecular weight is 87.1 g/mol. The maximum atomic E-state index is 9.69. The van der Waals surface area contributed by atoms with Crippen LogP contribution in [0.1, 0.15) is 26.2 Å². The van der Waals surface area contributed by atoms with Crippen LogP contribution in [0.15, 0.2) is 0 Å². The van der Waals surface area contributed by atoms with Crippen LogP contribution in [0.4, 0.5) is 0 Å². The molecule has 0 saturated heterocycles. The van der Waals surface area contributed by atoms with Gasteiger partial charge in [-0.15, -0.1) is 0 Å². The third kappa shape index (κ3) is 3.96. The minimum atomic E-state index is 0.105. The van der Waals surface area contributed by atoms with Gasteiger partial charge in [-0.25, -0.2) is 5.11 Å². The second-order valence-corrected chi connectivity index (χ2v) is 1.41. The fourth-order valence-corrected chi connectivity index (χ4v) is 0.352. The first-order chi connectivity index (χ1) is 2.91. The summed E-state index contributed by atoms with van der Waals surface area (Å²) < 4.78 is 0. The maximum absolute atomic E-state index is 9.69. The summed E-state index contributed by atoms with van der Waals surface area (Å²) in [6.45, 7) is 2.20. The minimum Gasteiger partial charge on any atom is -0.237 e. The Bertz CT molecular complexity index is 15.9. The standard InChI is InChI=1S/C5H11O/c1-2-3-4-5-6/h2-5H2,1H3. The van der Waals surface area contributed by atoms with Crippen molar-refractivity contribution in [3.63, 3.8) is 0 Å². The van der Waals surface area contributed by atoms with Gasteiger partial charge in [-0.05, 0) is 6.42 Å². The first kappa shape index (κ1) is 5.96. The topological polar surface area (TPSA) is 19.9 Å². The van der Waals surface area contributed by atoms with Gasteiger partial charge in [-0.3, -0.25) is 0 Å². The van der Waals surface area contributed by atoms with Crippen LogP contribution < -0.4 is 0 Å². The highest BCUT2D eigenvalue weighted by atomic mass is 16.2. The molecule has 1 heteroatoms. The molecule has 0 aliphatic carbocycles. The molecule has 0 N–H and O–H groups in total. The summed E-state index contributed by atoms with van der Waals surface area (Å²) in [6, 6.07) is 0. The molecule has 0 fully saturated rings. The predicted octanol–water partition coefficient (Wildman–Crippen LogP) is 1.61. The molecule has 0 aromatic rings. The Kier molecular flexibility index (Phi) is 4.93. The normalized spacial score (nSPS) is 9.00. The lowest BCUT2D eigenvalue weighted by molar-refractivity contribution is 0.186. The zero-order valence-electron chi connectivity index (χ0n) is 4.24. The van der Waals surface area contributed by atoms with E-state index in [-0.39, 0.29) is 6.61 Å². The lowest BCUT2D eigenvalue weighted by Crippen LogP contribution is -1.76. The summed E-state index contributed by atoms with van der Waals surface area (Å²) in [5.74, 6) is 0. The van der Waals surface area contributed by atoms with Crippen LogP contribution in [0.2, 0.25) is 0 Å². The summed E-state index contributed by atoms with van der Waals surface area (Å²) in [7, 11) is 0. The zero-order chi connectivity index (χ0) is 4.83. The van der Waals surface area contributed by atoms with Crippen molar-refractivity contribution in [2.24, 2.45) is 0 Å². The van der Waals surface area contributed by atoms with Gasteiger partial charge in [-0.2, -0.15) is 0 Å². The van der Waals surface area contributed by atoms with E-state index in [1.54, 1.807) is 0 Å². The minimum absolute atomic E-state index is 0.105. The van der Waals surface area contributed by atoms with E-state index in [9.17, 15) is 5.11 Å². The average Bonchev–Trinajstić information content (AvgIpc) is 1.61. The molecule has 0 aliphatic heterocycles. The van der Waals surface area contributed by atoms with Crippen molar-refractivity contribution in [1.29, 1.82) is 0 Å². The van der Waals surface area contributed by atoms with E-state index in [2.05, 4.69) is 6.92 Å². The second-order valence-electron chi connectivity index (χ2n) is 1.41. The van der Waals surface area contributed by atoms with Crippen LogP contribution >= 0.6 is 0 Å². The smallest absolute Gasteiger partial charge is 0.0822 e. The molecule has 0 aromatic carbocycles. The Morgan fingerprint density at radius 3 is 2.17 bits per heavy atom. The summed E-state index contributed by atoms with van der Waals surface area (Å²) >= 11 is 0. The van der Waals surface area contributed by atoms with Gasteiger partial charge >= 0.3 is 0 Å². The van der Waals surface area contributed by atoms with Crippen LogP contribution in [0.3, 0.4) is 0 Å². The Morgan fingerprint density at radius 2 is 2.00 bits per heavy atom. The third-order valence-corrected chi connectivity index (χ3v) is 0.748. The SMILES string of the molecule is CCCCC[O]. The molecule has 0 rings (SSSR count). The fraction of sp³-hybridized carbons (Fsp3) is 1.00. The molecule has 1 nitrogen and oxygen atoms in total. The first-order valence-electron chi connectivity index (χ1n) is 2.50. The molecular weight excluding hydrogens is 76.1 g/mol. The molecule has 0 aromatic heterocycles. The highest BCUT2D eigenvalue weighted by Gasteiger charge is 1.77. The first-order valence-corrected chi connectivity index (χ1v) is 2.50. The van der Waals surface area contributed by atoms with Gasteiger partial charge in [-0.1, -0.05) is 19.8 Å². The van der Waals surface area contributed by atoms with Gasteiger partial charge in [0.1, 0.15) is 0 Å². The van der Waals surface area contributed by atoms with E-state index >= 15 is 0 Å². The van der Waals surface area contributed by atoms with Crippen molar-refractivity contribution < 1.29 is 5.11 Å². The van der Waals surface area contributed by atoms with Gasteiger partial charge < -0.3 is 0 Å². The second kappa shape index (κ2) is 4.96. The number of rotatable bonds is 3. The molecule has 0 spiro atoms. The van der Waals surface area contributed by atoms with Gasteiger partial charge in [0.15, 0.2) is 0 Å². The van der Waals surface area contributed by atoms with Gasteiger partial charge in [0, 0.05) is 0 Å². The van der Waals surface area contributed by atoms with Crippen molar-refractivity contribution in [1.82, 2.24) is 0 Å². The quantitative estimate of drug-likeness (QED) is 0.466. The van der Waals surface area contributed by atoms with E-state index < -0.39 is 0 Å². The number of hydrogen-bond donors (Lipinski definition) is 0. The Labute approximate surface area is 39.0 Å². The highest BCUT2D eigenvalue weighted by Crippen LogP contribution is 1.89. The molecule has 0 saturated carbocycles. The Morgan fingerprint density at radius 1 is 1.33 bits per heavy atom. The third-order valence-electron chi connectivity index (χ3n) is 0.748. The maximum Gasteiger partial charge on any atom is 0.0822 e. The summed E-state index contributed by atoms with van der Waals surface area (Å²) in [4.78, 5) is 0. The van der Waals surface area contributed by atoms with Crippen molar-refractivity contribution in [3.8, 4) is 0 Å². The highest BCUT2D eigenvalue weighted by molar-refractivity contribution is 4.30. The largest absolute Gasteiger partial charge is 0.237 e. The van der Waals surface area contributed by atoms with Crippen LogP contribution in [0.25, 0.3) is 0 Å². The molecule has 0 amide bonds. The van der Waals surface area contributed by atoms with Crippen molar-refractivity contribution in [2.75, 3.05) is 6.61 Å². The van der Waals surface area contributed by atoms with Crippen molar-refractivity contribution >= 4 is 0 Å². The summed E-state index contributed by atoms with van der Waals surface area (Å²) in [5.41, 5.74) is 0. The van der Waals surface area contributed by atoms with Crippen LogP contribution in [0.5, 0.6) is 0 Å². The van der Waals surface area contributed by atoms with E-state index in [1.807, 2.05) is 0 Å². The lowest BCUT2D eigenvalue weighted by atomic mass is 10.3.